The van der Waals surface area contributed by atoms with E-state index in [0.29, 0.717) is 0 Å². The van der Waals surface area contributed by atoms with E-state index < -0.39 is 36.2 Å². The number of amides is 2. The van der Waals surface area contributed by atoms with Crippen LogP contribution in [0.15, 0.2) is 78.9 Å². The van der Waals surface area contributed by atoms with Gasteiger partial charge in [-0.3, -0.25) is 4.79 Å². The fourth-order valence-corrected chi connectivity index (χ4v) is 4.82. The molecule has 2 amide bonds. The van der Waals surface area contributed by atoms with Gasteiger partial charge < -0.3 is 25.2 Å². The minimum atomic E-state index is -1.30. The number of hydrogen-bond acceptors (Lipinski definition) is 5. The van der Waals surface area contributed by atoms with E-state index in [1.54, 1.807) is 20.8 Å². The summed E-state index contributed by atoms with van der Waals surface area (Å²) < 4.78 is 11.3. The molecular formula is C31H34N2O6. The van der Waals surface area contributed by atoms with Crippen LogP contribution in [0.25, 0.3) is 11.1 Å². The molecule has 0 aromatic heterocycles. The van der Waals surface area contributed by atoms with Gasteiger partial charge in [-0.15, -0.1) is 0 Å². The summed E-state index contributed by atoms with van der Waals surface area (Å²) in [7, 11) is 0. The molecule has 0 fully saturated rings. The average Bonchev–Trinajstić information content (AvgIpc) is 3.26. The standard InChI is InChI=1S/C31H34N2O6/c1-19(2)27(29(34)32-28(30(35)36)20(3)38-17-21-11-5-4-6-12-21)33-31(37)39-18-26-24-15-9-7-13-22(24)23-14-8-10-16-25(23)26/h4-16,19-20,26-28H,17-18H2,1-3H3,(H,32,34)(H,33,37)(H,35,36)/t20?,27-,28?/m0/s1. The summed E-state index contributed by atoms with van der Waals surface area (Å²) in [6, 6.07) is 23.1. The monoisotopic (exact) mass is 530 g/mol. The second kappa shape index (κ2) is 12.6. The molecular weight excluding hydrogens is 496 g/mol. The van der Waals surface area contributed by atoms with Crippen LogP contribution in [0.5, 0.6) is 0 Å². The van der Waals surface area contributed by atoms with Gasteiger partial charge in [0.15, 0.2) is 6.04 Å². The van der Waals surface area contributed by atoms with Gasteiger partial charge in [0.05, 0.1) is 12.7 Å². The zero-order valence-electron chi connectivity index (χ0n) is 22.3. The fraction of sp³-hybridized carbons (Fsp3) is 0.323. The Labute approximate surface area is 228 Å². The lowest BCUT2D eigenvalue weighted by molar-refractivity contribution is -0.147. The van der Waals surface area contributed by atoms with Crippen LogP contribution in [-0.2, 0) is 25.7 Å². The Morgan fingerprint density at radius 2 is 1.36 bits per heavy atom. The predicted octanol–water partition coefficient (Wildman–Crippen LogP) is 4.72. The molecule has 3 atom stereocenters. The number of carbonyl (C=O) groups excluding carboxylic acids is 2. The second-order valence-electron chi connectivity index (χ2n) is 10.0. The number of aliphatic carboxylic acids is 1. The van der Waals surface area contributed by atoms with Gasteiger partial charge in [-0.25, -0.2) is 9.59 Å². The van der Waals surface area contributed by atoms with Crippen LogP contribution in [0.4, 0.5) is 4.79 Å². The largest absolute Gasteiger partial charge is 0.480 e. The summed E-state index contributed by atoms with van der Waals surface area (Å²) in [6.45, 7) is 5.42. The number of carboxylic acids is 1. The van der Waals surface area contributed by atoms with Crippen LogP contribution in [0.2, 0.25) is 0 Å². The van der Waals surface area contributed by atoms with Gasteiger partial charge >= 0.3 is 12.1 Å². The van der Waals surface area contributed by atoms with Crippen LogP contribution in [-0.4, -0.2) is 47.9 Å². The number of ether oxygens (including phenoxy) is 2. The molecule has 204 valence electrons. The first-order chi connectivity index (χ1) is 18.8. The van der Waals surface area contributed by atoms with E-state index in [1.807, 2.05) is 66.7 Å². The van der Waals surface area contributed by atoms with Crippen LogP contribution < -0.4 is 10.6 Å². The van der Waals surface area contributed by atoms with Gasteiger partial charge in [-0.2, -0.15) is 0 Å². The van der Waals surface area contributed by atoms with Crippen LogP contribution in [0.3, 0.4) is 0 Å². The van der Waals surface area contributed by atoms with Crippen molar-refractivity contribution >= 4 is 18.0 Å². The van der Waals surface area contributed by atoms with Crippen LogP contribution in [0.1, 0.15) is 43.4 Å². The molecule has 0 bridgehead atoms. The Kier molecular flexibility index (Phi) is 8.99. The summed E-state index contributed by atoms with van der Waals surface area (Å²) in [5, 5.41) is 14.9. The van der Waals surface area contributed by atoms with E-state index >= 15 is 0 Å². The molecule has 0 heterocycles. The van der Waals surface area contributed by atoms with Crippen molar-refractivity contribution in [3.8, 4) is 11.1 Å². The first-order valence-corrected chi connectivity index (χ1v) is 13.1. The topological polar surface area (TPSA) is 114 Å². The van der Waals surface area contributed by atoms with Crippen LogP contribution >= 0.6 is 0 Å². The second-order valence-corrected chi connectivity index (χ2v) is 10.0. The Hall–Kier alpha value is -4.17. The molecule has 39 heavy (non-hydrogen) atoms. The lowest BCUT2D eigenvalue weighted by atomic mass is 9.98. The fourth-order valence-electron chi connectivity index (χ4n) is 4.82. The SMILES string of the molecule is CC(OCc1ccccc1)C(NC(=O)[C@@H](NC(=O)OCC1c2ccccc2-c2ccccc21)C(C)C)C(=O)O. The molecule has 3 aromatic carbocycles. The first-order valence-electron chi connectivity index (χ1n) is 13.1. The summed E-state index contributed by atoms with van der Waals surface area (Å²) in [6.07, 6.45) is -1.56. The molecule has 8 nitrogen and oxygen atoms in total. The Morgan fingerprint density at radius 3 is 1.92 bits per heavy atom. The third-order valence-corrected chi connectivity index (χ3v) is 6.96. The predicted molar refractivity (Wildman–Crippen MR) is 147 cm³/mol. The van der Waals surface area contributed by atoms with Gasteiger partial charge in [0, 0.05) is 5.92 Å². The number of rotatable bonds is 11. The van der Waals surface area contributed by atoms with E-state index in [9.17, 15) is 19.5 Å². The first kappa shape index (κ1) is 27.9. The molecule has 0 saturated heterocycles. The average molecular weight is 531 g/mol. The lowest BCUT2D eigenvalue weighted by Crippen LogP contribution is -2.56. The molecule has 3 aromatic rings. The Morgan fingerprint density at radius 1 is 0.795 bits per heavy atom. The Bertz CT molecular complexity index is 1260. The summed E-state index contributed by atoms with van der Waals surface area (Å²) in [4.78, 5) is 37.8. The quantitative estimate of drug-likeness (QED) is 0.331. The third kappa shape index (κ3) is 6.64. The highest BCUT2D eigenvalue weighted by Crippen LogP contribution is 2.44. The maximum Gasteiger partial charge on any atom is 0.407 e. The summed E-state index contributed by atoms with van der Waals surface area (Å²) in [5.41, 5.74) is 5.28. The number of nitrogens with one attached hydrogen (secondary N) is 2. The molecule has 0 saturated carbocycles. The minimum absolute atomic E-state index is 0.106. The third-order valence-electron chi connectivity index (χ3n) is 6.96. The zero-order valence-corrected chi connectivity index (χ0v) is 22.3. The molecule has 4 rings (SSSR count). The van der Waals surface area contributed by atoms with Gasteiger partial charge in [0.2, 0.25) is 5.91 Å². The van der Waals surface area contributed by atoms with Gasteiger partial charge in [0.25, 0.3) is 0 Å². The molecule has 3 N–H and O–H groups in total. The molecule has 0 radical (unpaired) electrons. The highest BCUT2D eigenvalue weighted by Gasteiger charge is 2.33. The van der Waals surface area contributed by atoms with E-state index in [1.165, 1.54) is 0 Å². The number of alkyl carbamates (subject to hydrolysis) is 1. The van der Waals surface area contributed by atoms with Crippen molar-refractivity contribution in [1.82, 2.24) is 10.6 Å². The van der Waals surface area contributed by atoms with Gasteiger partial charge in [-0.1, -0.05) is 92.7 Å². The summed E-state index contributed by atoms with van der Waals surface area (Å²) in [5.74, 6) is -2.29. The number of fused-ring (bicyclic) bond motifs is 3. The molecule has 1 aliphatic rings. The minimum Gasteiger partial charge on any atom is -0.480 e. The molecule has 0 aliphatic heterocycles. The van der Waals surface area contributed by atoms with Crippen molar-refractivity contribution in [2.24, 2.45) is 5.92 Å². The summed E-state index contributed by atoms with van der Waals surface area (Å²) >= 11 is 0. The van der Waals surface area contributed by atoms with E-state index in [0.717, 1.165) is 27.8 Å². The smallest absolute Gasteiger partial charge is 0.407 e. The van der Waals surface area contributed by atoms with Crippen molar-refractivity contribution in [3.05, 3.63) is 95.6 Å². The van der Waals surface area contributed by atoms with E-state index in [-0.39, 0.29) is 25.0 Å². The molecule has 0 spiro atoms. The highest BCUT2D eigenvalue weighted by atomic mass is 16.5. The number of hydrogen-bond donors (Lipinski definition) is 3. The molecule has 1 aliphatic carbocycles. The van der Waals surface area contributed by atoms with Gasteiger partial charge in [-0.05, 0) is 40.7 Å². The van der Waals surface area contributed by atoms with Crippen molar-refractivity contribution in [1.29, 1.82) is 0 Å². The maximum absolute atomic E-state index is 13.1. The normalized spacial score (nSPS) is 14.6. The molecule has 2 unspecified atom stereocenters. The van der Waals surface area contributed by atoms with Crippen molar-refractivity contribution < 1.29 is 29.0 Å². The Balaban J connectivity index is 1.36. The highest BCUT2D eigenvalue weighted by molar-refractivity contribution is 5.89. The number of carboxylic acid groups (broad SMARTS) is 1. The number of benzene rings is 3. The van der Waals surface area contributed by atoms with E-state index in [2.05, 4.69) is 22.8 Å². The van der Waals surface area contributed by atoms with Crippen molar-refractivity contribution in [2.75, 3.05) is 6.61 Å². The lowest BCUT2D eigenvalue weighted by Gasteiger charge is -2.26. The van der Waals surface area contributed by atoms with Crippen molar-refractivity contribution in [3.63, 3.8) is 0 Å². The van der Waals surface area contributed by atoms with Crippen molar-refractivity contribution in [2.45, 2.75) is 51.5 Å². The maximum atomic E-state index is 13.1. The zero-order chi connectivity index (χ0) is 27.9. The van der Waals surface area contributed by atoms with E-state index in [4.69, 9.17) is 9.47 Å². The number of carbonyl (C=O) groups is 3. The molecule has 8 heteroatoms. The van der Waals surface area contributed by atoms with Crippen LogP contribution in [0, 0.1) is 5.92 Å². The van der Waals surface area contributed by atoms with Gasteiger partial charge in [0.1, 0.15) is 12.6 Å².